The maximum absolute atomic E-state index is 5.74. The first-order valence-corrected chi connectivity index (χ1v) is 6.81. The topological polar surface area (TPSA) is 33.7 Å². The number of hydrogen-bond donors (Lipinski definition) is 1. The molecule has 0 spiro atoms. The van der Waals surface area contributed by atoms with Crippen molar-refractivity contribution in [3.8, 4) is 0 Å². The van der Waals surface area contributed by atoms with Gasteiger partial charge in [0.2, 0.25) is 0 Å². The molecule has 0 radical (unpaired) electrons. The Morgan fingerprint density at radius 2 is 2.24 bits per heavy atom. The van der Waals surface area contributed by atoms with E-state index in [0.29, 0.717) is 6.04 Å². The second-order valence-electron chi connectivity index (χ2n) is 5.64. The van der Waals surface area contributed by atoms with Crippen LogP contribution in [0.15, 0.2) is 0 Å². The summed E-state index contributed by atoms with van der Waals surface area (Å²) in [4.78, 5) is 2.54. The first-order chi connectivity index (χ1) is 8.13. The Labute approximate surface area is 105 Å². The fraction of sp³-hybridized carbons (Fsp3) is 1.00. The van der Waals surface area contributed by atoms with Crippen molar-refractivity contribution in [1.82, 2.24) is 10.2 Å². The van der Waals surface area contributed by atoms with E-state index < -0.39 is 0 Å². The van der Waals surface area contributed by atoms with Gasteiger partial charge in [0, 0.05) is 31.2 Å². The second-order valence-corrected chi connectivity index (χ2v) is 5.64. The summed E-state index contributed by atoms with van der Waals surface area (Å²) in [6.07, 6.45) is 1.42. The van der Waals surface area contributed by atoms with Gasteiger partial charge in [0.25, 0.3) is 0 Å². The van der Waals surface area contributed by atoms with Gasteiger partial charge in [-0.1, -0.05) is 6.92 Å². The summed E-state index contributed by atoms with van der Waals surface area (Å²) in [5.74, 6) is 0. The van der Waals surface area contributed by atoms with Crippen molar-refractivity contribution < 1.29 is 9.47 Å². The summed E-state index contributed by atoms with van der Waals surface area (Å²) < 4.78 is 11.2. The SMILES string of the molecule is CCC1(C)CN(CC2COCCO2)C(C)CN1. The van der Waals surface area contributed by atoms with E-state index in [1.54, 1.807) is 0 Å². The van der Waals surface area contributed by atoms with Crippen LogP contribution in [-0.4, -0.2) is 62.0 Å². The monoisotopic (exact) mass is 242 g/mol. The molecule has 0 saturated carbocycles. The standard InChI is InChI=1S/C13H26N2O2/c1-4-13(3)10-15(11(2)7-14-13)8-12-9-16-5-6-17-12/h11-12,14H,4-10H2,1-3H3. The highest BCUT2D eigenvalue weighted by molar-refractivity contribution is 4.93. The molecule has 1 N–H and O–H groups in total. The summed E-state index contributed by atoms with van der Waals surface area (Å²) in [6.45, 7) is 12.3. The molecule has 0 aromatic carbocycles. The van der Waals surface area contributed by atoms with E-state index in [0.717, 1.165) is 45.9 Å². The molecule has 4 nitrogen and oxygen atoms in total. The largest absolute Gasteiger partial charge is 0.376 e. The van der Waals surface area contributed by atoms with E-state index in [-0.39, 0.29) is 11.6 Å². The third kappa shape index (κ3) is 3.41. The van der Waals surface area contributed by atoms with Gasteiger partial charge in [-0.05, 0) is 20.3 Å². The van der Waals surface area contributed by atoms with Gasteiger partial charge in [-0.15, -0.1) is 0 Å². The lowest BCUT2D eigenvalue weighted by molar-refractivity contribution is -0.104. The highest BCUT2D eigenvalue weighted by Gasteiger charge is 2.33. The van der Waals surface area contributed by atoms with Crippen molar-refractivity contribution in [3.05, 3.63) is 0 Å². The number of nitrogens with one attached hydrogen (secondary N) is 1. The molecule has 2 rings (SSSR count). The highest BCUT2D eigenvalue weighted by atomic mass is 16.6. The van der Waals surface area contributed by atoms with E-state index >= 15 is 0 Å². The molecule has 2 aliphatic rings. The van der Waals surface area contributed by atoms with Crippen LogP contribution in [0.4, 0.5) is 0 Å². The van der Waals surface area contributed by atoms with Crippen molar-refractivity contribution in [2.75, 3.05) is 39.5 Å². The van der Waals surface area contributed by atoms with E-state index in [4.69, 9.17) is 9.47 Å². The molecule has 2 aliphatic heterocycles. The lowest BCUT2D eigenvalue weighted by atomic mass is 9.93. The Balaban J connectivity index is 1.88. The van der Waals surface area contributed by atoms with Crippen molar-refractivity contribution in [2.45, 2.75) is 44.9 Å². The molecule has 2 saturated heterocycles. The lowest BCUT2D eigenvalue weighted by Gasteiger charge is -2.46. The van der Waals surface area contributed by atoms with Crippen LogP contribution >= 0.6 is 0 Å². The summed E-state index contributed by atoms with van der Waals surface area (Å²) >= 11 is 0. The van der Waals surface area contributed by atoms with Crippen LogP contribution in [0.3, 0.4) is 0 Å². The van der Waals surface area contributed by atoms with Gasteiger partial charge in [-0.25, -0.2) is 0 Å². The Hall–Kier alpha value is -0.160. The molecule has 17 heavy (non-hydrogen) atoms. The van der Waals surface area contributed by atoms with Crippen LogP contribution in [0.2, 0.25) is 0 Å². The van der Waals surface area contributed by atoms with Crippen molar-refractivity contribution in [1.29, 1.82) is 0 Å². The number of ether oxygens (including phenoxy) is 2. The number of nitrogens with zero attached hydrogens (tertiary/aromatic N) is 1. The average molecular weight is 242 g/mol. The highest BCUT2D eigenvalue weighted by Crippen LogP contribution is 2.19. The van der Waals surface area contributed by atoms with E-state index in [2.05, 4.69) is 31.0 Å². The molecule has 0 aromatic rings. The Morgan fingerprint density at radius 1 is 1.41 bits per heavy atom. The van der Waals surface area contributed by atoms with Crippen LogP contribution < -0.4 is 5.32 Å². The maximum atomic E-state index is 5.74. The third-order valence-electron chi connectivity index (χ3n) is 4.10. The summed E-state index contributed by atoms with van der Waals surface area (Å²) in [5, 5.41) is 3.65. The zero-order chi connectivity index (χ0) is 12.3. The molecule has 0 aromatic heterocycles. The van der Waals surface area contributed by atoms with Crippen LogP contribution in [0.25, 0.3) is 0 Å². The predicted octanol–water partition coefficient (Wildman–Crippen LogP) is 0.864. The maximum Gasteiger partial charge on any atom is 0.0936 e. The minimum Gasteiger partial charge on any atom is -0.376 e. The van der Waals surface area contributed by atoms with E-state index in [1.165, 1.54) is 0 Å². The van der Waals surface area contributed by atoms with E-state index in [9.17, 15) is 0 Å². The third-order valence-corrected chi connectivity index (χ3v) is 4.10. The van der Waals surface area contributed by atoms with Gasteiger partial charge >= 0.3 is 0 Å². The molecule has 3 atom stereocenters. The normalized spacial score (nSPS) is 40.4. The molecular formula is C13H26N2O2. The van der Waals surface area contributed by atoms with Gasteiger partial charge in [-0.2, -0.15) is 0 Å². The quantitative estimate of drug-likeness (QED) is 0.796. The first kappa shape index (κ1) is 13.3. The summed E-state index contributed by atoms with van der Waals surface area (Å²) in [7, 11) is 0. The van der Waals surface area contributed by atoms with Crippen molar-refractivity contribution in [3.63, 3.8) is 0 Å². The molecule has 2 heterocycles. The average Bonchev–Trinajstić information content (AvgIpc) is 2.35. The Kier molecular flexibility index (Phi) is 4.42. The second kappa shape index (κ2) is 5.65. The zero-order valence-corrected chi connectivity index (χ0v) is 11.4. The fourth-order valence-electron chi connectivity index (χ4n) is 2.57. The first-order valence-electron chi connectivity index (χ1n) is 6.81. The Morgan fingerprint density at radius 3 is 2.88 bits per heavy atom. The van der Waals surface area contributed by atoms with Crippen molar-refractivity contribution >= 4 is 0 Å². The van der Waals surface area contributed by atoms with Gasteiger partial charge in [0.1, 0.15) is 0 Å². The van der Waals surface area contributed by atoms with Gasteiger partial charge in [0.05, 0.1) is 25.9 Å². The predicted molar refractivity (Wildman–Crippen MR) is 68.3 cm³/mol. The molecule has 4 heteroatoms. The van der Waals surface area contributed by atoms with Gasteiger partial charge in [-0.3, -0.25) is 4.90 Å². The number of rotatable bonds is 3. The van der Waals surface area contributed by atoms with Crippen LogP contribution in [0.5, 0.6) is 0 Å². The lowest BCUT2D eigenvalue weighted by Crippen LogP contribution is -2.63. The van der Waals surface area contributed by atoms with Gasteiger partial charge in [0.15, 0.2) is 0 Å². The smallest absolute Gasteiger partial charge is 0.0936 e. The summed E-state index contributed by atoms with van der Waals surface area (Å²) in [6, 6.07) is 0.583. The number of piperazine rings is 1. The molecule has 0 bridgehead atoms. The van der Waals surface area contributed by atoms with Crippen LogP contribution in [0.1, 0.15) is 27.2 Å². The minimum atomic E-state index is 0.252. The van der Waals surface area contributed by atoms with Gasteiger partial charge < -0.3 is 14.8 Å². The molecule has 2 fully saturated rings. The van der Waals surface area contributed by atoms with Crippen LogP contribution in [0, 0.1) is 0 Å². The molecule has 3 unspecified atom stereocenters. The van der Waals surface area contributed by atoms with Crippen LogP contribution in [-0.2, 0) is 9.47 Å². The van der Waals surface area contributed by atoms with E-state index in [1.807, 2.05) is 0 Å². The summed E-state index contributed by atoms with van der Waals surface area (Å²) in [5.41, 5.74) is 0.252. The zero-order valence-electron chi connectivity index (χ0n) is 11.4. The molecule has 0 aliphatic carbocycles. The molecular weight excluding hydrogens is 216 g/mol. The number of hydrogen-bond acceptors (Lipinski definition) is 4. The fourth-order valence-corrected chi connectivity index (χ4v) is 2.57. The molecule has 0 amide bonds. The molecule has 100 valence electrons. The minimum absolute atomic E-state index is 0.252. The van der Waals surface area contributed by atoms with Crippen molar-refractivity contribution in [2.24, 2.45) is 0 Å². The Bertz CT molecular complexity index is 244.